The molecule has 0 spiro atoms. The lowest BCUT2D eigenvalue weighted by Crippen LogP contribution is -2.21. The molecular weight excluding hydrogens is 226 g/mol. The fourth-order valence-corrected chi connectivity index (χ4v) is 2.38. The minimum atomic E-state index is -0.0147. The van der Waals surface area contributed by atoms with Gasteiger partial charge in [0.2, 0.25) is 0 Å². The second-order valence-corrected chi connectivity index (χ2v) is 4.67. The molecule has 1 unspecified atom stereocenters. The number of ether oxygens (including phenoxy) is 2. The molecule has 0 bridgehead atoms. The number of likely N-dealkylation sites (N-methyl/N-ethyl adjacent to an activating group) is 1. The van der Waals surface area contributed by atoms with Gasteiger partial charge < -0.3 is 14.8 Å². The third-order valence-electron chi connectivity index (χ3n) is 2.34. The van der Waals surface area contributed by atoms with E-state index in [4.69, 9.17) is 9.47 Å². The van der Waals surface area contributed by atoms with Gasteiger partial charge in [0.1, 0.15) is 16.1 Å². The summed E-state index contributed by atoms with van der Waals surface area (Å²) in [5, 5.41) is 13.6. The van der Waals surface area contributed by atoms with E-state index in [0.717, 1.165) is 29.5 Å². The third-order valence-corrected chi connectivity index (χ3v) is 3.41. The maximum Gasteiger partial charge on any atom is 0.148 e. The van der Waals surface area contributed by atoms with Gasteiger partial charge in [-0.2, -0.15) is 0 Å². The first-order valence-corrected chi connectivity index (χ1v) is 6.44. The van der Waals surface area contributed by atoms with Crippen molar-refractivity contribution in [2.75, 3.05) is 32.9 Å². The summed E-state index contributed by atoms with van der Waals surface area (Å²) >= 11 is 1.62. The molecule has 1 aromatic heterocycles. The molecule has 2 rings (SSSR count). The fraction of sp³-hybridized carbons (Fsp3) is 0.800. The van der Waals surface area contributed by atoms with Gasteiger partial charge in [-0.25, -0.2) is 0 Å². The Morgan fingerprint density at radius 3 is 3.12 bits per heavy atom. The van der Waals surface area contributed by atoms with Crippen LogP contribution in [-0.4, -0.2) is 43.1 Å². The van der Waals surface area contributed by atoms with Crippen molar-refractivity contribution in [3.8, 4) is 0 Å². The van der Waals surface area contributed by atoms with E-state index >= 15 is 0 Å². The second-order valence-electron chi connectivity index (χ2n) is 3.57. The zero-order chi connectivity index (χ0) is 11.2. The molecule has 2 heterocycles. The van der Waals surface area contributed by atoms with Crippen LogP contribution in [0.2, 0.25) is 0 Å². The van der Waals surface area contributed by atoms with Crippen molar-refractivity contribution in [1.29, 1.82) is 0 Å². The topological polar surface area (TPSA) is 56.3 Å². The fourth-order valence-electron chi connectivity index (χ4n) is 1.50. The summed E-state index contributed by atoms with van der Waals surface area (Å²) in [6.07, 6.45) is 0.915. The third kappa shape index (κ3) is 3.21. The van der Waals surface area contributed by atoms with Crippen molar-refractivity contribution in [2.24, 2.45) is 0 Å². The standard InChI is InChI=1S/C10H17N3O2S/c1-2-11-4-3-9-12-13-10(16-9)8-7-14-5-6-15-8/h8,11H,2-7H2,1H3. The molecule has 0 aromatic carbocycles. The first-order chi connectivity index (χ1) is 7.90. The Morgan fingerprint density at radius 2 is 2.38 bits per heavy atom. The minimum Gasteiger partial charge on any atom is -0.376 e. The number of nitrogens with zero attached hydrogens (tertiary/aromatic N) is 2. The van der Waals surface area contributed by atoms with Crippen molar-refractivity contribution in [1.82, 2.24) is 15.5 Å². The first-order valence-electron chi connectivity index (χ1n) is 5.62. The molecule has 5 nitrogen and oxygen atoms in total. The van der Waals surface area contributed by atoms with E-state index in [9.17, 15) is 0 Å². The van der Waals surface area contributed by atoms with E-state index in [1.54, 1.807) is 11.3 Å². The molecule has 1 atom stereocenters. The van der Waals surface area contributed by atoms with Gasteiger partial charge in [-0.15, -0.1) is 10.2 Å². The summed E-state index contributed by atoms with van der Waals surface area (Å²) in [5.41, 5.74) is 0. The molecular formula is C10H17N3O2S. The quantitative estimate of drug-likeness (QED) is 0.774. The molecule has 6 heteroatoms. The zero-order valence-corrected chi connectivity index (χ0v) is 10.3. The number of hydrogen-bond acceptors (Lipinski definition) is 6. The summed E-state index contributed by atoms with van der Waals surface area (Å²) in [5.74, 6) is 0. The average molecular weight is 243 g/mol. The first kappa shape index (κ1) is 11.9. The number of hydrogen-bond donors (Lipinski definition) is 1. The lowest BCUT2D eigenvalue weighted by Gasteiger charge is -2.20. The summed E-state index contributed by atoms with van der Waals surface area (Å²) < 4.78 is 10.9. The van der Waals surface area contributed by atoms with Crippen LogP contribution < -0.4 is 5.32 Å². The van der Waals surface area contributed by atoms with Crippen molar-refractivity contribution in [2.45, 2.75) is 19.4 Å². The molecule has 16 heavy (non-hydrogen) atoms. The molecule has 90 valence electrons. The second kappa shape index (κ2) is 6.24. The summed E-state index contributed by atoms with van der Waals surface area (Å²) in [7, 11) is 0. The van der Waals surface area contributed by atoms with Gasteiger partial charge in [0.05, 0.1) is 19.8 Å². The van der Waals surface area contributed by atoms with Gasteiger partial charge >= 0.3 is 0 Å². The zero-order valence-electron chi connectivity index (χ0n) is 9.44. The highest BCUT2D eigenvalue weighted by Crippen LogP contribution is 2.23. The Labute approximate surface area is 99.2 Å². The minimum absolute atomic E-state index is 0.0147. The van der Waals surface area contributed by atoms with E-state index in [2.05, 4.69) is 22.4 Å². The average Bonchev–Trinajstić information content (AvgIpc) is 2.79. The Balaban J connectivity index is 1.85. The molecule has 1 aromatic rings. The van der Waals surface area contributed by atoms with Crippen LogP contribution in [0.1, 0.15) is 23.0 Å². The van der Waals surface area contributed by atoms with Crippen LogP contribution in [0.4, 0.5) is 0 Å². The van der Waals surface area contributed by atoms with E-state index in [1.807, 2.05) is 0 Å². The molecule has 0 radical (unpaired) electrons. The summed E-state index contributed by atoms with van der Waals surface area (Å²) in [6, 6.07) is 0. The van der Waals surface area contributed by atoms with E-state index in [-0.39, 0.29) is 6.10 Å². The SMILES string of the molecule is CCNCCc1nnc(C2COCCO2)s1. The van der Waals surface area contributed by atoms with Gasteiger partial charge in [-0.05, 0) is 6.54 Å². The number of nitrogens with one attached hydrogen (secondary N) is 1. The van der Waals surface area contributed by atoms with Crippen LogP contribution in [0.25, 0.3) is 0 Å². The van der Waals surface area contributed by atoms with Gasteiger partial charge in [0, 0.05) is 13.0 Å². The maximum atomic E-state index is 5.57. The molecule has 1 aliphatic rings. The Bertz CT molecular complexity index is 313. The smallest absolute Gasteiger partial charge is 0.148 e. The highest BCUT2D eigenvalue weighted by atomic mass is 32.1. The summed E-state index contributed by atoms with van der Waals surface area (Å²) in [4.78, 5) is 0. The van der Waals surface area contributed by atoms with E-state index < -0.39 is 0 Å². The lowest BCUT2D eigenvalue weighted by molar-refractivity contribution is -0.0903. The van der Waals surface area contributed by atoms with E-state index in [0.29, 0.717) is 19.8 Å². The van der Waals surface area contributed by atoms with Gasteiger partial charge in [0.25, 0.3) is 0 Å². The van der Waals surface area contributed by atoms with Gasteiger partial charge in [-0.3, -0.25) is 0 Å². The van der Waals surface area contributed by atoms with Crippen molar-refractivity contribution < 1.29 is 9.47 Å². The van der Waals surface area contributed by atoms with Crippen molar-refractivity contribution >= 4 is 11.3 Å². The van der Waals surface area contributed by atoms with Crippen LogP contribution in [0, 0.1) is 0 Å². The largest absolute Gasteiger partial charge is 0.376 e. The molecule has 1 N–H and O–H groups in total. The molecule has 0 aliphatic carbocycles. The molecule has 1 aliphatic heterocycles. The molecule has 1 saturated heterocycles. The monoisotopic (exact) mass is 243 g/mol. The highest BCUT2D eigenvalue weighted by molar-refractivity contribution is 7.11. The predicted molar refractivity (Wildman–Crippen MR) is 61.7 cm³/mol. The van der Waals surface area contributed by atoms with Crippen molar-refractivity contribution in [3.63, 3.8) is 0 Å². The molecule has 0 amide bonds. The molecule has 0 saturated carbocycles. The van der Waals surface area contributed by atoms with Crippen LogP contribution in [0.15, 0.2) is 0 Å². The Hall–Kier alpha value is -0.560. The van der Waals surface area contributed by atoms with E-state index in [1.165, 1.54) is 0 Å². The lowest BCUT2D eigenvalue weighted by atomic mass is 10.4. The Morgan fingerprint density at radius 1 is 1.44 bits per heavy atom. The Kier molecular flexibility index (Phi) is 4.65. The van der Waals surface area contributed by atoms with Crippen LogP contribution in [0.5, 0.6) is 0 Å². The maximum absolute atomic E-state index is 5.57. The molecule has 1 fully saturated rings. The van der Waals surface area contributed by atoms with Crippen LogP contribution in [-0.2, 0) is 15.9 Å². The van der Waals surface area contributed by atoms with Crippen LogP contribution >= 0.6 is 11.3 Å². The van der Waals surface area contributed by atoms with Crippen molar-refractivity contribution in [3.05, 3.63) is 10.0 Å². The predicted octanol–water partition coefficient (Wildman–Crippen LogP) is 0.778. The van der Waals surface area contributed by atoms with Crippen LogP contribution in [0.3, 0.4) is 0 Å². The van der Waals surface area contributed by atoms with Gasteiger partial charge in [-0.1, -0.05) is 18.3 Å². The number of aromatic nitrogens is 2. The number of rotatable bonds is 5. The normalized spacial score (nSPS) is 21.2. The highest BCUT2D eigenvalue weighted by Gasteiger charge is 2.20. The van der Waals surface area contributed by atoms with Gasteiger partial charge in [0.15, 0.2) is 0 Å². The summed E-state index contributed by atoms with van der Waals surface area (Å²) in [6.45, 7) is 5.97.